The maximum Gasteiger partial charge on any atom is 0.238 e. The number of H-pyrrole nitrogens is 1. The molecule has 0 unspecified atom stereocenters. The van der Waals surface area contributed by atoms with Gasteiger partial charge >= 0.3 is 0 Å². The molecule has 0 spiro atoms. The molecule has 0 saturated heterocycles. The van der Waals surface area contributed by atoms with Gasteiger partial charge in [-0.05, 0) is 49.6 Å². The number of amides is 1. The highest BCUT2D eigenvalue weighted by Crippen LogP contribution is 2.27. The summed E-state index contributed by atoms with van der Waals surface area (Å²) in [6.45, 7) is 1.18. The molecule has 134 valence electrons. The number of anilines is 1. The molecule has 3 N–H and O–H groups in total. The van der Waals surface area contributed by atoms with Crippen molar-refractivity contribution in [3.8, 4) is 11.4 Å². The van der Waals surface area contributed by atoms with E-state index < -0.39 is 11.6 Å². The molecule has 26 heavy (non-hydrogen) atoms. The highest BCUT2D eigenvalue weighted by atomic mass is 19.2. The predicted octanol–water partition coefficient (Wildman–Crippen LogP) is 3.45. The third-order valence-corrected chi connectivity index (χ3v) is 4.38. The van der Waals surface area contributed by atoms with E-state index in [1.54, 1.807) is 24.3 Å². The van der Waals surface area contributed by atoms with Crippen LogP contribution >= 0.6 is 0 Å². The minimum atomic E-state index is -0.927. The largest absolute Gasteiger partial charge is 0.338 e. The summed E-state index contributed by atoms with van der Waals surface area (Å²) >= 11 is 0. The molecule has 1 aliphatic rings. The van der Waals surface area contributed by atoms with Crippen molar-refractivity contribution in [2.45, 2.75) is 12.8 Å². The van der Waals surface area contributed by atoms with Gasteiger partial charge in [0, 0.05) is 23.4 Å². The average molecular weight is 356 g/mol. The molecule has 3 aromatic rings. The first-order chi connectivity index (χ1) is 12.6. The van der Waals surface area contributed by atoms with Crippen LogP contribution in [0.3, 0.4) is 0 Å². The fourth-order valence-electron chi connectivity index (χ4n) is 2.77. The second kappa shape index (κ2) is 6.84. The van der Waals surface area contributed by atoms with Crippen LogP contribution in [0.1, 0.15) is 12.8 Å². The first-order valence-corrected chi connectivity index (χ1v) is 8.54. The molecule has 0 radical (unpaired) electrons. The van der Waals surface area contributed by atoms with Gasteiger partial charge in [-0.3, -0.25) is 4.79 Å². The van der Waals surface area contributed by atoms with E-state index in [9.17, 15) is 13.6 Å². The number of halogens is 2. The Labute approximate surface area is 148 Å². The van der Waals surface area contributed by atoms with Crippen LogP contribution in [0.4, 0.5) is 14.5 Å². The molecule has 1 aliphatic carbocycles. The molecule has 1 amide bonds. The van der Waals surface area contributed by atoms with Gasteiger partial charge in [0.25, 0.3) is 0 Å². The van der Waals surface area contributed by atoms with Gasteiger partial charge in [0.2, 0.25) is 5.91 Å². The van der Waals surface area contributed by atoms with Crippen molar-refractivity contribution in [1.29, 1.82) is 0 Å². The van der Waals surface area contributed by atoms with Crippen molar-refractivity contribution >= 4 is 22.6 Å². The van der Waals surface area contributed by atoms with Gasteiger partial charge in [-0.25, -0.2) is 13.8 Å². The number of rotatable bonds is 6. The maximum absolute atomic E-state index is 13.3. The second-order valence-corrected chi connectivity index (χ2v) is 6.57. The van der Waals surface area contributed by atoms with E-state index in [2.05, 4.69) is 20.6 Å². The van der Waals surface area contributed by atoms with Crippen LogP contribution in [0.25, 0.3) is 22.4 Å². The van der Waals surface area contributed by atoms with Crippen molar-refractivity contribution < 1.29 is 13.6 Å². The average Bonchev–Trinajstić information content (AvgIpc) is 3.35. The topological polar surface area (TPSA) is 69.8 Å². The van der Waals surface area contributed by atoms with Gasteiger partial charge in [0.15, 0.2) is 11.6 Å². The molecule has 0 atom stereocenters. The Morgan fingerprint density at radius 1 is 1.15 bits per heavy atom. The highest BCUT2D eigenvalue weighted by molar-refractivity contribution is 5.92. The lowest BCUT2D eigenvalue weighted by Gasteiger charge is -2.07. The van der Waals surface area contributed by atoms with Crippen molar-refractivity contribution in [3.63, 3.8) is 0 Å². The monoisotopic (exact) mass is 356 g/mol. The molecule has 5 nitrogen and oxygen atoms in total. The summed E-state index contributed by atoms with van der Waals surface area (Å²) in [5, 5.41) is 5.97. The SMILES string of the molecule is O=C(CNCC1CC1)Nc1ccc(-c2nc3cc(F)c(F)cc3[nH]2)cc1. The van der Waals surface area contributed by atoms with Gasteiger partial charge in [-0.1, -0.05) is 0 Å². The van der Waals surface area contributed by atoms with Gasteiger partial charge in [-0.15, -0.1) is 0 Å². The number of hydrogen-bond donors (Lipinski definition) is 3. The van der Waals surface area contributed by atoms with Crippen LogP contribution < -0.4 is 10.6 Å². The number of imidazole rings is 1. The molecule has 1 saturated carbocycles. The number of carbonyl (C=O) groups excluding carboxylic acids is 1. The first-order valence-electron chi connectivity index (χ1n) is 8.54. The zero-order chi connectivity index (χ0) is 18.1. The Hall–Kier alpha value is -2.80. The quantitative estimate of drug-likeness (QED) is 0.634. The maximum atomic E-state index is 13.3. The number of benzene rings is 2. The molecule has 1 aromatic heterocycles. The van der Waals surface area contributed by atoms with Gasteiger partial charge in [0.05, 0.1) is 17.6 Å². The fraction of sp³-hybridized carbons (Fsp3) is 0.263. The predicted molar refractivity (Wildman–Crippen MR) is 95.7 cm³/mol. The number of hydrogen-bond acceptors (Lipinski definition) is 3. The van der Waals surface area contributed by atoms with Crippen LogP contribution in [0, 0.1) is 17.6 Å². The van der Waals surface area contributed by atoms with Crippen LogP contribution in [-0.2, 0) is 4.79 Å². The van der Waals surface area contributed by atoms with Crippen LogP contribution in [0.5, 0.6) is 0 Å². The van der Waals surface area contributed by atoms with E-state index in [1.807, 2.05) is 0 Å². The van der Waals surface area contributed by atoms with Crippen LogP contribution in [-0.4, -0.2) is 29.0 Å². The molecular formula is C19H18F2N4O. The zero-order valence-electron chi connectivity index (χ0n) is 14.0. The molecule has 0 bridgehead atoms. The number of nitrogens with zero attached hydrogens (tertiary/aromatic N) is 1. The molecule has 4 rings (SSSR count). The Balaban J connectivity index is 1.42. The summed E-state index contributed by atoms with van der Waals surface area (Å²) in [6.07, 6.45) is 2.49. The zero-order valence-corrected chi connectivity index (χ0v) is 14.0. The smallest absolute Gasteiger partial charge is 0.238 e. The third kappa shape index (κ3) is 3.72. The molecule has 2 aromatic carbocycles. The van der Waals surface area contributed by atoms with Gasteiger partial charge in [-0.2, -0.15) is 0 Å². The third-order valence-electron chi connectivity index (χ3n) is 4.38. The number of fused-ring (bicyclic) bond motifs is 1. The lowest BCUT2D eigenvalue weighted by atomic mass is 10.2. The molecule has 7 heteroatoms. The molecular weight excluding hydrogens is 338 g/mol. The summed E-state index contributed by atoms with van der Waals surface area (Å²) in [6, 6.07) is 9.26. The number of aromatic nitrogens is 2. The molecule has 1 heterocycles. The van der Waals surface area contributed by atoms with E-state index in [-0.39, 0.29) is 5.91 Å². The van der Waals surface area contributed by atoms with Gasteiger partial charge < -0.3 is 15.6 Å². The fourth-order valence-corrected chi connectivity index (χ4v) is 2.77. The number of carbonyl (C=O) groups is 1. The molecule has 1 fully saturated rings. The first kappa shape index (κ1) is 16.7. The van der Waals surface area contributed by atoms with Crippen LogP contribution in [0.15, 0.2) is 36.4 Å². The van der Waals surface area contributed by atoms with E-state index in [4.69, 9.17) is 0 Å². The van der Waals surface area contributed by atoms with Crippen molar-refractivity contribution in [2.75, 3.05) is 18.4 Å². The Morgan fingerprint density at radius 3 is 2.62 bits per heavy atom. The lowest BCUT2D eigenvalue weighted by molar-refractivity contribution is -0.115. The normalized spacial score (nSPS) is 13.9. The summed E-state index contributed by atoms with van der Waals surface area (Å²) in [4.78, 5) is 19.1. The Morgan fingerprint density at radius 2 is 1.88 bits per heavy atom. The number of nitrogens with one attached hydrogen (secondary N) is 3. The van der Waals surface area contributed by atoms with E-state index >= 15 is 0 Å². The van der Waals surface area contributed by atoms with Crippen LogP contribution in [0.2, 0.25) is 0 Å². The lowest BCUT2D eigenvalue weighted by Crippen LogP contribution is -2.29. The van der Waals surface area contributed by atoms with E-state index in [0.29, 0.717) is 29.1 Å². The minimum absolute atomic E-state index is 0.0897. The summed E-state index contributed by atoms with van der Waals surface area (Å²) in [5.41, 5.74) is 2.23. The Bertz CT molecular complexity index is 909. The van der Waals surface area contributed by atoms with Crippen molar-refractivity contribution in [1.82, 2.24) is 15.3 Å². The van der Waals surface area contributed by atoms with E-state index in [1.165, 1.54) is 12.8 Å². The van der Waals surface area contributed by atoms with Crippen molar-refractivity contribution in [2.24, 2.45) is 5.92 Å². The summed E-state index contributed by atoms with van der Waals surface area (Å²) in [5.74, 6) is -0.695. The summed E-state index contributed by atoms with van der Waals surface area (Å²) < 4.78 is 26.6. The minimum Gasteiger partial charge on any atom is -0.338 e. The Kier molecular flexibility index (Phi) is 4.38. The molecule has 0 aliphatic heterocycles. The van der Waals surface area contributed by atoms with Crippen molar-refractivity contribution in [3.05, 3.63) is 48.0 Å². The van der Waals surface area contributed by atoms with Gasteiger partial charge in [0.1, 0.15) is 5.82 Å². The second-order valence-electron chi connectivity index (χ2n) is 6.57. The van der Waals surface area contributed by atoms with E-state index in [0.717, 1.165) is 30.2 Å². The standard InChI is InChI=1S/C19H18F2N4O/c20-14-7-16-17(8-15(14)21)25-19(24-16)12-3-5-13(6-4-12)23-18(26)10-22-9-11-1-2-11/h3-8,11,22H,1-2,9-10H2,(H,23,26)(H,24,25). The highest BCUT2D eigenvalue weighted by Gasteiger charge is 2.20. The summed E-state index contributed by atoms with van der Waals surface area (Å²) in [7, 11) is 0. The number of aromatic amines is 1.